The third-order valence-electron chi connectivity index (χ3n) is 7.46. The number of aromatic hydroxyl groups is 1. The first-order valence-corrected chi connectivity index (χ1v) is 15.9. The second-order valence-electron chi connectivity index (χ2n) is 12.0. The smallest absolute Gasteiger partial charge is 0.332 e. The van der Waals surface area contributed by atoms with Gasteiger partial charge in [-0.1, -0.05) is 24.3 Å². The zero-order valence-corrected chi connectivity index (χ0v) is 26.3. The summed E-state index contributed by atoms with van der Waals surface area (Å²) in [6.45, 7) is 9.76. The molecule has 4 aromatic rings. The van der Waals surface area contributed by atoms with Crippen molar-refractivity contribution in [3.8, 4) is 27.7 Å². The lowest BCUT2D eigenvalue weighted by atomic mass is 9.89. The maximum Gasteiger partial charge on any atom is 0.332 e. The van der Waals surface area contributed by atoms with Gasteiger partial charge in [0, 0.05) is 16.6 Å². The molecule has 1 fully saturated rings. The number of hydrogen-bond donors (Lipinski definition) is 1. The fourth-order valence-corrected chi connectivity index (χ4v) is 6.48. The molecule has 0 radical (unpaired) electrons. The van der Waals surface area contributed by atoms with Gasteiger partial charge in [-0.15, -0.1) is 11.3 Å². The second kappa shape index (κ2) is 14.5. The lowest BCUT2D eigenvalue weighted by Gasteiger charge is -2.32. The molecule has 1 saturated heterocycles. The Labute approximate surface area is 262 Å². The summed E-state index contributed by atoms with van der Waals surface area (Å²) in [6.07, 6.45) is 2.15. The summed E-state index contributed by atoms with van der Waals surface area (Å²) in [6, 6.07) is 19.9. The Morgan fingerprint density at radius 3 is 2.36 bits per heavy atom. The molecule has 1 aromatic heterocycles. The third-order valence-corrected chi connectivity index (χ3v) is 8.64. The van der Waals surface area contributed by atoms with Crippen LogP contribution < -0.4 is 4.74 Å². The second-order valence-corrected chi connectivity index (χ2v) is 13.0. The van der Waals surface area contributed by atoms with Crippen LogP contribution in [-0.2, 0) is 19.0 Å². The van der Waals surface area contributed by atoms with E-state index in [-0.39, 0.29) is 24.1 Å². The summed E-state index contributed by atoms with van der Waals surface area (Å²) in [5.41, 5.74) is 1.66. The molecular formula is C35H40FNO6S. The van der Waals surface area contributed by atoms with Crippen LogP contribution in [0.5, 0.6) is 17.2 Å². The largest absolute Gasteiger partial charge is 0.508 e. The lowest BCUT2D eigenvalue weighted by molar-refractivity contribution is -0.160. The summed E-state index contributed by atoms with van der Waals surface area (Å²) >= 11 is 1.51. The van der Waals surface area contributed by atoms with Gasteiger partial charge in [-0.3, -0.25) is 0 Å². The summed E-state index contributed by atoms with van der Waals surface area (Å²) in [4.78, 5) is 15.0. The van der Waals surface area contributed by atoms with Gasteiger partial charge in [0.2, 0.25) is 0 Å². The number of esters is 1. The lowest BCUT2D eigenvalue weighted by Crippen LogP contribution is -2.35. The number of phenols is 1. The van der Waals surface area contributed by atoms with Crippen LogP contribution in [0.4, 0.5) is 4.39 Å². The molecule has 0 saturated carbocycles. The number of ether oxygens (including phenoxy) is 4. The molecule has 0 aliphatic carbocycles. The number of phenolic OH excluding ortho intramolecular Hbond substituents is 1. The number of carbonyl (C=O) groups is 1. The van der Waals surface area contributed by atoms with E-state index >= 15 is 0 Å². The number of nitrogens with zero attached hydrogens (tertiary/aromatic N) is 1. The number of thiophene rings is 1. The van der Waals surface area contributed by atoms with Gasteiger partial charge >= 0.3 is 5.97 Å². The first-order valence-electron chi connectivity index (χ1n) is 15.0. The first kappa shape index (κ1) is 31.9. The number of halogens is 1. The average Bonchev–Trinajstić information content (AvgIpc) is 3.34. The average molecular weight is 622 g/mol. The third kappa shape index (κ3) is 8.79. The van der Waals surface area contributed by atoms with Gasteiger partial charge in [-0.25, -0.2) is 9.18 Å². The van der Waals surface area contributed by atoms with Crippen LogP contribution in [0.1, 0.15) is 45.1 Å². The van der Waals surface area contributed by atoms with Crippen LogP contribution in [0.3, 0.4) is 0 Å². The topological polar surface area (TPSA) is 77.5 Å². The number of hydrogen-bond acceptors (Lipinski definition) is 8. The molecule has 0 amide bonds. The molecule has 0 unspecified atom stereocenters. The van der Waals surface area contributed by atoms with E-state index in [4.69, 9.17) is 18.9 Å². The molecule has 234 valence electrons. The van der Waals surface area contributed by atoms with Crippen molar-refractivity contribution in [3.63, 3.8) is 0 Å². The molecule has 0 atom stereocenters. The molecule has 0 bridgehead atoms. The molecule has 0 spiro atoms. The van der Waals surface area contributed by atoms with Crippen molar-refractivity contribution in [3.05, 3.63) is 78.1 Å². The summed E-state index contributed by atoms with van der Waals surface area (Å²) < 4.78 is 37.2. The number of carbonyl (C=O) groups excluding carboxylic acids is 1. The van der Waals surface area contributed by atoms with Crippen LogP contribution in [0.15, 0.2) is 66.7 Å². The zero-order chi connectivity index (χ0) is 31.1. The Balaban J connectivity index is 1.09. The Morgan fingerprint density at radius 1 is 0.955 bits per heavy atom. The highest BCUT2D eigenvalue weighted by Gasteiger charge is 2.22. The van der Waals surface area contributed by atoms with E-state index in [9.17, 15) is 14.3 Å². The van der Waals surface area contributed by atoms with Crippen LogP contribution in [0.25, 0.3) is 20.5 Å². The Bertz CT molecular complexity index is 1520. The maximum absolute atomic E-state index is 13.6. The SMILES string of the molecule is CC(C)(C)OC(=O)COCCOCCN1CCC(c2ccc(Oc3c(-c4ccc(F)cc4)sc4cc(O)ccc34)cc2)CC1. The van der Waals surface area contributed by atoms with E-state index in [1.807, 2.05) is 39.0 Å². The molecule has 44 heavy (non-hydrogen) atoms. The fraction of sp³-hybridized carbons (Fsp3) is 0.400. The number of likely N-dealkylation sites (tertiary alicyclic amines) is 1. The van der Waals surface area contributed by atoms with Crippen molar-refractivity contribution in [1.29, 1.82) is 0 Å². The zero-order valence-electron chi connectivity index (χ0n) is 25.5. The van der Waals surface area contributed by atoms with Crippen LogP contribution in [-0.4, -0.2) is 67.6 Å². The maximum atomic E-state index is 13.6. The van der Waals surface area contributed by atoms with Crippen molar-refractivity contribution in [2.24, 2.45) is 0 Å². The Kier molecular flexibility index (Phi) is 10.5. The highest BCUT2D eigenvalue weighted by Crippen LogP contribution is 2.47. The van der Waals surface area contributed by atoms with Crippen LogP contribution in [0.2, 0.25) is 0 Å². The molecular weight excluding hydrogens is 581 g/mol. The molecule has 1 aliphatic rings. The summed E-state index contributed by atoms with van der Waals surface area (Å²) in [7, 11) is 0. The number of rotatable bonds is 12. The van der Waals surface area contributed by atoms with Crippen molar-refractivity contribution >= 4 is 27.4 Å². The van der Waals surface area contributed by atoms with Gasteiger partial charge in [0.15, 0.2) is 5.75 Å². The van der Waals surface area contributed by atoms with Gasteiger partial charge in [0.1, 0.15) is 29.5 Å². The Morgan fingerprint density at radius 2 is 1.66 bits per heavy atom. The molecule has 3 aromatic carbocycles. The molecule has 5 rings (SSSR count). The molecule has 1 N–H and O–H groups in total. The van der Waals surface area contributed by atoms with E-state index in [1.54, 1.807) is 24.3 Å². The summed E-state index contributed by atoms with van der Waals surface area (Å²) in [5.74, 6) is 1.46. The van der Waals surface area contributed by atoms with E-state index in [0.29, 0.717) is 31.5 Å². The van der Waals surface area contributed by atoms with E-state index in [2.05, 4.69) is 17.0 Å². The fourth-order valence-electron chi connectivity index (χ4n) is 5.31. The highest BCUT2D eigenvalue weighted by atomic mass is 32.1. The predicted octanol–water partition coefficient (Wildman–Crippen LogP) is 7.76. The minimum atomic E-state index is -0.507. The minimum Gasteiger partial charge on any atom is -0.508 e. The van der Waals surface area contributed by atoms with Crippen molar-refractivity contribution < 1.29 is 33.2 Å². The van der Waals surface area contributed by atoms with Crippen LogP contribution >= 0.6 is 11.3 Å². The molecule has 7 nitrogen and oxygen atoms in total. The van der Waals surface area contributed by atoms with Gasteiger partial charge in [0.25, 0.3) is 0 Å². The minimum absolute atomic E-state index is 0.0610. The highest BCUT2D eigenvalue weighted by molar-refractivity contribution is 7.22. The molecule has 2 heterocycles. The van der Waals surface area contributed by atoms with Crippen LogP contribution in [0, 0.1) is 5.82 Å². The number of piperidine rings is 1. The van der Waals surface area contributed by atoms with Gasteiger partial charge in [-0.2, -0.15) is 0 Å². The monoisotopic (exact) mass is 621 g/mol. The Hall–Kier alpha value is -3.50. The van der Waals surface area contributed by atoms with E-state index < -0.39 is 5.60 Å². The van der Waals surface area contributed by atoms with Crippen molar-refractivity contribution in [2.45, 2.75) is 45.1 Å². The molecule has 1 aliphatic heterocycles. The standard InChI is InChI=1S/C35H40FNO6S/c1-35(2,3)43-32(39)23-41-21-20-40-19-18-37-16-14-25(15-17-37)24-6-11-29(12-7-24)42-33-30-13-10-28(38)22-31(30)44-34(33)26-4-8-27(36)9-5-26/h4-13,22,25,38H,14-21,23H2,1-3H3. The number of fused-ring (bicyclic) bond motifs is 1. The normalized spacial score (nSPS) is 14.6. The van der Waals surface area contributed by atoms with E-state index in [1.165, 1.54) is 29.0 Å². The molecule has 9 heteroatoms. The van der Waals surface area contributed by atoms with E-state index in [0.717, 1.165) is 58.8 Å². The van der Waals surface area contributed by atoms with Gasteiger partial charge in [0.05, 0.1) is 24.7 Å². The first-order chi connectivity index (χ1) is 21.1. The van der Waals surface area contributed by atoms with Gasteiger partial charge < -0.3 is 29.0 Å². The van der Waals surface area contributed by atoms with Gasteiger partial charge in [-0.05, 0) is 106 Å². The number of benzene rings is 3. The quantitative estimate of drug-likeness (QED) is 0.128. The summed E-state index contributed by atoms with van der Waals surface area (Å²) in [5, 5.41) is 10.9. The van der Waals surface area contributed by atoms with Crippen molar-refractivity contribution in [1.82, 2.24) is 4.90 Å². The predicted molar refractivity (Wildman–Crippen MR) is 171 cm³/mol. The van der Waals surface area contributed by atoms with Crippen molar-refractivity contribution in [2.75, 3.05) is 46.1 Å².